The van der Waals surface area contributed by atoms with Crippen molar-refractivity contribution >= 4 is 28.1 Å². The number of aromatic nitrogens is 2. The molecule has 1 aromatic heterocycles. The largest absolute Gasteiger partial charge is 0.490 e. The van der Waals surface area contributed by atoms with Crippen LogP contribution in [0.1, 0.15) is 19.3 Å². The highest BCUT2D eigenvalue weighted by atomic mass is 19.1. The van der Waals surface area contributed by atoms with E-state index in [0.29, 0.717) is 48.3 Å². The van der Waals surface area contributed by atoms with Crippen LogP contribution in [0.3, 0.4) is 0 Å². The molecule has 5 rings (SSSR count). The molecule has 10 heteroatoms. The maximum atomic E-state index is 13.6. The van der Waals surface area contributed by atoms with Crippen LogP contribution in [-0.2, 0) is 9.47 Å². The van der Waals surface area contributed by atoms with Gasteiger partial charge >= 0.3 is 0 Å². The van der Waals surface area contributed by atoms with Crippen molar-refractivity contribution in [2.45, 2.75) is 25.4 Å². The van der Waals surface area contributed by atoms with Gasteiger partial charge in [0.25, 0.3) is 0 Å². The summed E-state index contributed by atoms with van der Waals surface area (Å²) < 4.78 is 37.1. The van der Waals surface area contributed by atoms with E-state index in [0.717, 1.165) is 57.5 Å². The molecule has 0 atom stereocenters. The molecule has 3 N–H and O–H groups in total. The minimum absolute atomic E-state index is 0.0461. The van der Waals surface area contributed by atoms with E-state index in [4.69, 9.17) is 24.7 Å². The molecular weight excluding hydrogens is 465 g/mol. The fraction of sp³-hybridized carbons (Fsp3) is 0.462. The second kappa shape index (κ2) is 11.7. The summed E-state index contributed by atoms with van der Waals surface area (Å²) in [6, 6.07) is 8.28. The predicted molar refractivity (Wildman–Crippen MR) is 135 cm³/mol. The van der Waals surface area contributed by atoms with Gasteiger partial charge in [0, 0.05) is 49.6 Å². The molecule has 0 spiro atoms. The Balaban J connectivity index is 1.37. The number of nitrogen functional groups attached to an aromatic ring is 1. The van der Waals surface area contributed by atoms with Gasteiger partial charge in [0.15, 0.2) is 11.5 Å². The predicted octanol–water partition coefficient (Wildman–Crippen LogP) is 3.75. The Kier molecular flexibility index (Phi) is 7.95. The monoisotopic (exact) mass is 497 g/mol. The van der Waals surface area contributed by atoms with Crippen molar-refractivity contribution < 1.29 is 23.3 Å². The van der Waals surface area contributed by atoms with Crippen LogP contribution in [0.15, 0.2) is 36.7 Å². The highest BCUT2D eigenvalue weighted by molar-refractivity contribution is 5.93. The summed E-state index contributed by atoms with van der Waals surface area (Å²) in [5.41, 5.74) is 7.14. The molecule has 0 saturated carbocycles. The van der Waals surface area contributed by atoms with Gasteiger partial charge in [0.05, 0.1) is 44.2 Å². The van der Waals surface area contributed by atoms with Gasteiger partial charge in [-0.3, -0.25) is 4.90 Å². The number of hydrogen-bond acceptors (Lipinski definition) is 9. The van der Waals surface area contributed by atoms with Gasteiger partial charge in [-0.1, -0.05) is 0 Å². The fourth-order valence-electron chi connectivity index (χ4n) is 4.40. The van der Waals surface area contributed by atoms with Crippen LogP contribution in [-0.4, -0.2) is 73.6 Å². The number of benzene rings is 2. The molecule has 2 aliphatic heterocycles. The highest BCUT2D eigenvalue weighted by Gasteiger charge is 2.20. The first-order chi connectivity index (χ1) is 17.7. The number of nitrogens with two attached hydrogens (primary N) is 1. The molecule has 2 aliphatic rings. The van der Waals surface area contributed by atoms with Gasteiger partial charge in [-0.15, -0.1) is 0 Å². The molecule has 2 saturated heterocycles. The SMILES string of the molecule is Nc1cc(Nc2ncnc3cc(OCCCN4CCOCC4)c(OC4CCOCC4)cc23)ccc1F. The summed E-state index contributed by atoms with van der Waals surface area (Å²) in [4.78, 5) is 11.3. The van der Waals surface area contributed by atoms with Gasteiger partial charge in [-0.25, -0.2) is 14.4 Å². The first-order valence-electron chi connectivity index (χ1n) is 12.4. The lowest BCUT2D eigenvalue weighted by atomic mass is 10.1. The summed E-state index contributed by atoms with van der Waals surface area (Å²) in [7, 11) is 0. The van der Waals surface area contributed by atoms with Crippen LogP contribution in [0.25, 0.3) is 10.9 Å². The molecule has 0 amide bonds. The second-order valence-corrected chi connectivity index (χ2v) is 8.99. The first kappa shape index (κ1) is 24.5. The van der Waals surface area contributed by atoms with Gasteiger partial charge in [-0.2, -0.15) is 0 Å². The van der Waals surface area contributed by atoms with E-state index >= 15 is 0 Å². The van der Waals surface area contributed by atoms with E-state index in [1.807, 2.05) is 12.1 Å². The lowest BCUT2D eigenvalue weighted by Gasteiger charge is -2.27. The molecule has 9 nitrogen and oxygen atoms in total. The number of hydrogen-bond donors (Lipinski definition) is 2. The smallest absolute Gasteiger partial charge is 0.163 e. The quantitative estimate of drug-likeness (QED) is 0.338. The zero-order valence-electron chi connectivity index (χ0n) is 20.2. The fourth-order valence-corrected chi connectivity index (χ4v) is 4.40. The van der Waals surface area contributed by atoms with Crippen molar-refractivity contribution in [1.29, 1.82) is 0 Å². The zero-order chi connectivity index (χ0) is 24.7. The lowest BCUT2D eigenvalue weighted by molar-refractivity contribution is 0.0240. The number of fused-ring (bicyclic) bond motifs is 1. The first-order valence-corrected chi connectivity index (χ1v) is 12.4. The number of anilines is 3. The molecular formula is C26H32FN5O4. The van der Waals surface area contributed by atoms with E-state index < -0.39 is 5.82 Å². The van der Waals surface area contributed by atoms with E-state index in [-0.39, 0.29) is 11.8 Å². The van der Waals surface area contributed by atoms with Crippen molar-refractivity contribution in [2.24, 2.45) is 0 Å². The Morgan fingerprint density at radius 3 is 2.64 bits per heavy atom. The van der Waals surface area contributed by atoms with E-state index in [2.05, 4.69) is 20.2 Å². The minimum atomic E-state index is -0.462. The Morgan fingerprint density at radius 1 is 1.03 bits per heavy atom. The molecule has 192 valence electrons. The Hall–Kier alpha value is -3.21. The maximum absolute atomic E-state index is 13.6. The number of halogens is 1. The maximum Gasteiger partial charge on any atom is 0.163 e. The van der Waals surface area contributed by atoms with Crippen molar-refractivity contribution in [3.63, 3.8) is 0 Å². The molecule has 0 unspecified atom stereocenters. The molecule has 2 fully saturated rings. The summed E-state index contributed by atoms with van der Waals surface area (Å²) in [5, 5.41) is 3.99. The number of nitrogens with one attached hydrogen (secondary N) is 1. The topological polar surface area (TPSA) is 104 Å². The third-order valence-corrected chi connectivity index (χ3v) is 6.40. The summed E-state index contributed by atoms with van der Waals surface area (Å²) in [6.45, 7) is 6.37. The van der Waals surface area contributed by atoms with Gasteiger partial charge < -0.3 is 30.0 Å². The average Bonchev–Trinajstić information content (AvgIpc) is 2.90. The van der Waals surface area contributed by atoms with Crippen molar-refractivity contribution in [2.75, 3.05) is 63.7 Å². The van der Waals surface area contributed by atoms with Crippen LogP contribution < -0.4 is 20.5 Å². The standard InChI is InChI=1S/C26H32FN5O4/c27-21-3-2-18(14-22(21)28)31-26-20-15-25(36-19-4-10-33-11-5-19)24(16-23(20)29-17-30-26)35-9-1-6-32-7-12-34-13-8-32/h2-3,14-17,19H,1,4-13,28H2,(H,29,30,31). The van der Waals surface area contributed by atoms with Crippen LogP contribution in [0.2, 0.25) is 0 Å². The number of rotatable bonds is 9. The molecule has 0 bridgehead atoms. The molecule has 0 aliphatic carbocycles. The number of ether oxygens (including phenoxy) is 4. The van der Waals surface area contributed by atoms with Crippen LogP contribution >= 0.6 is 0 Å². The van der Waals surface area contributed by atoms with Crippen molar-refractivity contribution in [3.8, 4) is 11.5 Å². The summed E-state index contributed by atoms with van der Waals surface area (Å²) in [6.07, 6.45) is 4.07. The molecule has 2 aromatic carbocycles. The number of nitrogens with zero attached hydrogens (tertiary/aromatic N) is 3. The van der Waals surface area contributed by atoms with Crippen LogP contribution in [0, 0.1) is 5.82 Å². The molecule has 36 heavy (non-hydrogen) atoms. The van der Waals surface area contributed by atoms with E-state index in [9.17, 15) is 4.39 Å². The molecule has 3 heterocycles. The number of morpholine rings is 1. The Morgan fingerprint density at radius 2 is 1.83 bits per heavy atom. The van der Waals surface area contributed by atoms with Crippen LogP contribution in [0.5, 0.6) is 11.5 Å². The van der Waals surface area contributed by atoms with Crippen LogP contribution in [0.4, 0.5) is 21.6 Å². The highest BCUT2D eigenvalue weighted by Crippen LogP contribution is 2.36. The Labute approximate surface area is 209 Å². The minimum Gasteiger partial charge on any atom is -0.490 e. The second-order valence-electron chi connectivity index (χ2n) is 8.99. The van der Waals surface area contributed by atoms with Gasteiger partial charge in [0.1, 0.15) is 24.1 Å². The van der Waals surface area contributed by atoms with Crippen molar-refractivity contribution in [3.05, 3.63) is 42.5 Å². The summed E-state index contributed by atoms with van der Waals surface area (Å²) in [5.74, 6) is 1.42. The third-order valence-electron chi connectivity index (χ3n) is 6.40. The van der Waals surface area contributed by atoms with E-state index in [1.165, 1.54) is 18.5 Å². The Bertz CT molecular complexity index is 1170. The normalized spacial score (nSPS) is 17.2. The van der Waals surface area contributed by atoms with Gasteiger partial charge in [-0.05, 0) is 30.7 Å². The van der Waals surface area contributed by atoms with Crippen molar-refractivity contribution in [1.82, 2.24) is 14.9 Å². The summed E-state index contributed by atoms with van der Waals surface area (Å²) >= 11 is 0. The van der Waals surface area contributed by atoms with E-state index in [1.54, 1.807) is 6.07 Å². The zero-order valence-corrected chi connectivity index (χ0v) is 20.2. The average molecular weight is 498 g/mol. The molecule has 3 aromatic rings. The lowest BCUT2D eigenvalue weighted by Crippen LogP contribution is -2.37. The molecule has 0 radical (unpaired) electrons. The van der Waals surface area contributed by atoms with Gasteiger partial charge in [0.2, 0.25) is 0 Å². The third kappa shape index (κ3) is 6.13.